The number of anilines is 1. The van der Waals surface area contributed by atoms with Gasteiger partial charge in [-0.1, -0.05) is 6.07 Å². The van der Waals surface area contributed by atoms with Crippen molar-refractivity contribution in [2.45, 2.75) is 44.1 Å². The van der Waals surface area contributed by atoms with E-state index in [2.05, 4.69) is 30.6 Å². The zero-order chi connectivity index (χ0) is 20.5. The summed E-state index contributed by atoms with van der Waals surface area (Å²) >= 11 is 0. The van der Waals surface area contributed by atoms with Crippen LogP contribution in [0.5, 0.6) is 0 Å². The van der Waals surface area contributed by atoms with Gasteiger partial charge in [0.15, 0.2) is 11.5 Å². The number of aryl methyl sites for hydroxylation is 1. The minimum absolute atomic E-state index is 0.283. The SMILES string of the molecule is CNc1ncnc2c1ncn2[C@@H]1CC[C@@H](NC(=O)c2cccc(C)n2)[C@@H](O)[C@@H]1O. The number of hydrogen-bond donors (Lipinski definition) is 4. The Bertz CT molecular complexity index is 1040. The van der Waals surface area contributed by atoms with E-state index in [1.165, 1.54) is 6.33 Å². The molecule has 1 fully saturated rings. The standard InChI is InChI=1S/C19H23N7O3/c1-10-4-3-5-12(24-10)19(29)25-11-6-7-13(16(28)15(11)27)26-9-23-14-17(20-2)21-8-22-18(14)26/h3-5,8-9,11,13,15-16,27-28H,6-7H2,1-2H3,(H,25,29)(H,20,21,22)/t11-,13-,15-,16-/m1/s1. The molecule has 0 spiro atoms. The molecule has 1 saturated carbocycles. The van der Waals surface area contributed by atoms with Crippen LogP contribution >= 0.6 is 0 Å². The second-order valence-corrected chi connectivity index (χ2v) is 7.17. The highest BCUT2D eigenvalue weighted by Gasteiger charge is 2.40. The molecule has 3 aromatic heterocycles. The van der Waals surface area contributed by atoms with Crippen molar-refractivity contribution >= 4 is 22.9 Å². The van der Waals surface area contributed by atoms with E-state index < -0.39 is 24.3 Å². The first-order valence-corrected chi connectivity index (χ1v) is 9.45. The van der Waals surface area contributed by atoms with E-state index in [-0.39, 0.29) is 11.6 Å². The number of nitrogens with zero attached hydrogens (tertiary/aromatic N) is 5. The van der Waals surface area contributed by atoms with E-state index in [1.54, 1.807) is 43.1 Å². The Hall–Kier alpha value is -3.11. The number of rotatable bonds is 4. The molecule has 10 nitrogen and oxygen atoms in total. The maximum atomic E-state index is 12.5. The Morgan fingerprint density at radius 1 is 1.17 bits per heavy atom. The van der Waals surface area contributed by atoms with Crippen LogP contribution in [-0.4, -0.2) is 65.9 Å². The Kier molecular flexibility index (Phi) is 5.12. The highest BCUT2D eigenvalue weighted by Crippen LogP contribution is 2.32. The van der Waals surface area contributed by atoms with Crippen LogP contribution in [-0.2, 0) is 0 Å². The van der Waals surface area contributed by atoms with Crippen molar-refractivity contribution in [2.75, 3.05) is 12.4 Å². The van der Waals surface area contributed by atoms with E-state index in [0.29, 0.717) is 29.8 Å². The predicted molar refractivity (Wildman–Crippen MR) is 105 cm³/mol. The van der Waals surface area contributed by atoms with Crippen LogP contribution in [0.25, 0.3) is 11.2 Å². The molecule has 1 amide bonds. The molecule has 3 aromatic rings. The number of aliphatic hydroxyl groups is 2. The summed E-state index contributed by atoms with van der Waals surface area (Å²) in [5, 5.41) is 27.2. The number of aromatic nitrogens is 5. The van der Waals surface area contributed by atoms with Gasteiger partial charge in [-0.25, -0.2) is 19.9 Å². The molecule has 4 rings (SSSR count). The lowest BCUT2D eigenvalue weighted by molar-refractivity contribution is -0.0553. The van der Waals surface area contributed by atoms with Crippen LogP contribution in [0.4, 0.5) is 5.82 Å². The highest BCUT2D eigenvalue weighted by atomic mass is 16.3. The van der Waals surface area contributed by atoms with Gasteiger partial charge in [0.1, 0.15) is 29.7 Å². The predicted octanol–water partition coefficient (Wildman–Crippen LogP) is 0.427. The number of nitrogens with one attached hydrogen (secondary N) is 2. The number of hydrogen-bond acceptors (Lipinski definition) is 8. The van der Waals surface area contributed by atoms with E-state index >= 15 is 0 Å². The van der Waals surface area contributed by atoms with Crippen LogP contribution in [0.1, 0.15) is 35.1 Å². The fourth-order valence-corrected chi connectivity index (χ4v) is 3.81. The lowest BCUT2D eigenvalue weighted by atomic mass is 9.85. The van der Waals surface area contributed by atoms with Gasteiger partial charge in [-0.3, -0.25) is 4.79 Å². The monoisotopic (exact) mass is 397 g/mol. The van der Waals surface area contributed by atoms with Gasteiger partial charge in [-0.05, 0) is 31.9 Å². The lowest BCUT2D eigenvalue weighted by Crippen LogP contribution is -2.54. The number of aliphatic hydroxyl groups excluding tert-OH is 2. The molecule has 0 saturated heterocycles. The molecule has 0 unspecified atom stereocenters. The fourth-order valence-electron chi connectivity index (χ4n) is 3.81. The van der Waals surface area contributed by atoms with E-state index in [9.17, 15) is 15.0 Å². The molecule has 29 heavy (non-hydrogen) atoms. The summed E-state index contributed by atoms with van der Waals surface area (Å²) in [5.41, 5.74) is 2.19. The third-order valence-electron chi connectivity index (χ3n) is 5.32. The van der Waals surface area contributed by atoms with Crippen molar-refractivity contribution < 1.29 is 15.0 Å². The van der Waals surface area contributed by atoms with E-state index in [4.69, 9.17) is 0 Å². The molecule has 0 aliphatic heterocycles. The number of imidazole rings is 1. The first-order chi connectivity index (χ1) is 14.0. The van der Waals surface area contributed by atoms with Crippen LogP contribution in [0.15, 0.2) is 30.9 Å². The highest BCUT2D eigenvalue weighted by molar-refractivity contribution is 5.92. The average Bonchev–Trinajstić information content (AvgIpc) is 3.15. The van der Waals surface area contributed by atoms with Gasteiger partial charge >= 0.3 is 0 Å². The molecule has 3 heterocycles. The molecule has 10 heteroatoms. The topological polar surface area (TPSA) is 138 Å². The molecular weight excluding hydrogens is 374 g/mol. The molecule has 4 atom stereocenters. The van der Waals surface area contributed by atoms with E-state index in [0.717, 1.165) is 5.69 Å². The zero-order valence-electron chi connectivity index (χ0n) is 16.1. The molecule has 152 valence electrons. The summed E-state index contributed by atoms with van der Waals surface area (Å²) in [4.78, 5) is 29.4. The van der Waals surface area contributed by atoms with Gasteiger partial charge in [0.2, 0.25) is 0 Å². The van der Waals surface area contributed by atoms with Gasteiger partial charge < -0.3 is 25.4 Å². The zero-order valence-corrected chi connectivity index (χ0v) is 16.1. The largest absolute Gasteiger partial charge is 0.388 e. The molecule has 4 N–H and O–H groups in total. The second-order valence-electron chi connectivity index (χ2n) is 7.17. The molecule has 0 aromatic carbocycles. The maximum Gasteiger partial charge on any atom is 0.270 e. The van der Waals surface area contributed by atoms with Crippen molar-refractivity contribution in [1.82, 2.24) is 29.8 Å². The maximum absolute atomic E-state index is 12.5. The van der Waals surface area contributed by atoms with Gasteiger partial charge in [0.05, 0.1) is 18.4 Å². The Morgan fingerprint density at radius 3 is 2.76 bits per heavy atom. The van der Waals surface area contributed by atoms with Crippen LogP contribution in [0.3, 0.4) is 0 Å². The summed E-state index contributed by atoms with van der Waals surface area (Å²) in [5.74, 6) is 0.221. The third-order valence-corrected chi connectivity index (χ3v) is 5.32. The number of fused-ring (bicyclic) bond motifs is 1. The molecule has 0 radical (unpaired) electrons. The minimum Gasteiger partial charge on any atom is -0.388 e. The van der Waals surface area contributed by atoms with Crippen molar-refractivity contribution in [3.05, 3.63) is 42.2 Å². The second kappa shape index (κ2) is 7.72. The minimum atomic E-state index is -1.13. The summed E-state index contributed by atoms with van der Waals surface area (Å²) in [6.07, 6.45) is 1.82. The van der Waals surface area contributed by atoms with Gasteiger partial charge in [-0.15, -0.1) is 0 Å². The molecule has 1 aliphatic carbocycles. The molecular formula is C19H23N7O3. The summed E-state index contributed by atoms with van der Waals surface area (Å²) in [6, 6.07) is 4.19. The van der Waals surface area contributed by atoms with E-state index in [1.807, 2.05) is 0 Å². The number of carbonyl (C=O) groups is 1. The van der Waals surface area contributed by atoms with Crippen molar-refractivity contribution in [3.63, 3.8) is 0 Å². The summed E-state index contributed by atoms with van der Waals surface area (Å²) in [6.45, 7) is 1.80. The first-order valence-electron chi connectivity index (χ1n) is 9.45. The first kappa shape index (κ1) is 19.2. The number of carbonyl (C=O) groups excluding carboxylic acids is 1. The van der Waals surface area contributed by atoms with Gasteiger partial charge in [0, 0.05) is 12.7 Å². The van der Waals surface area contributed by atoms with Crippen molar-refractivity contribution in [2.24, 2.45) is 0 Å². The quantitative estimate of drug-likeness (QED) is 0.497. The smallest absolute Gasteiger partial charge is 0.270 e. The summed E-state index contributed by atoms with van der Waals surface area (Å²) in [7, 11) is 1.75. The van der Waals surface area contributed by atoms with Crippen LogP contribution < -0.4 is 10.6 Å². The number of pyridine rings is 1. The fraction of sp³-hybridized carbons (Fsp3) is 0.421. The van der Waals surface area contributed by atoms with Crippen LogP contribution in [0, 0.1) is 6.92 Å². The Labute approximate surface area is 167 Å². The average molecular weight is 397 g/mol. The van der Waals surface area contributed by atoms with Gasteiger partial charge in [0.25, 0.3) is 5.91 Å². The van der Waals surface area contributed by atoms with Gasteiger partial charge in [-0.2, -0.15) is 0 Å². The van der Waals surface area contributed by atoms with Crippen molar-refractivity contribution in [3.8, 4) is 0 Å². The lowest BCUT2D eigenvalue weighted by Gasteiger charge is -2.38. The molecule has 1 aliphatic rings. The summed E-state index contributed by atoms with van der Waals surface area (Å²) < 4.78 is 1.76. The molecule has 0 bridgehead atoms. The Morgan fingerprint density at radius 2 is 2.00 bits per heavy atom. The normalized spacial score (nSPS) is 24.4. The van der Waals surface area contributed by atoms with Crippen LogP contribution in [0.2, 0.25) is 0 Å². The third kappa shape index (κ3) is 3.52. The van der Waals surface area contributed by atoms with Crippen molar-refractivity contribution in [1.29, 1.82) is 0 Å². The number of amides is 1. The Balaban J connectivity index is 1.52.